The van der Waals surface area contributed by atoms with Gasteiger partial charge in [-0.25, -0.2) is 0 Å². The summed E-state index contributed by atoms with van der Waals surface area (Å²) < 4.78 is 0. The van der Waals surface area contributed by atoms with Gasteiger partial charge in [-0.3, -0.25) is 0 Å². The second kappa shape index (κ2) is 4.77. The predicted molar refractivity (Wildman–Crippen MR) is 91.9 cm³/mol. The molecule has 0 spiro atoms. The lowest BCUT2D eigenvalue weighted by molar-refractivity contribution is 0.590. The van der Waals surface area contributed by atoms with Gasteiger partial charge in [0.25, 0.3) is 0 Å². The molecule has 1 nitrogen and oxygen atoms in total. The van der Waals surface area contributed by atoms with Crippen molar-refractivity contribution in [1.29, 1.82) is 0 Å². The Kier molecular flexibility index (Phi) is 3.16. The molecule has 21 heavy (non-hydrogen) atoms. The molecule has 1 heterocycles. The number of hydrogen-bond donors (Lipinski definition) is 1. The van der Waals surface area contributed by atoms with Crippen molar-refractivity contribution in [3.63, 3.8) is 0 Å². The van der Waals surface area contributed by atoms with Gasteiger partial charge < -0.3 is 4.98 Å². The molecule has 0 radical (unpaired) electrons. The third kappa shape index (κ3) is 2.49. The number of benzene rings is 2. The van der Waals surface area contributed by atoms with Gasteiger partial charge in [0.05, 0.1) is 5.69 Å². The molecule has 2 aromatic carbocycles. The molecule has 0 amide bonds. The second-order valence-corrected chi connectivity index (χ2v) is 7.01. The highest BCUT2D eigenvalue weighted by atomic mass is 14.7. The summed E-state index contributed by atoms with van der Waals surface area (Å²) in [6, 6.07) is 13.5. The first-order chi connectivity index (χ1) is 9.86. The third-order valence-corrected chi connectivity index (χ3v) is 4.35. The maximum absolute atomic E-state index is 3.44. The second-order valence-electron chi connectivity index (χ2n) is 7.01. The minimum Gasteiger partial charge on any atom is -0.360 e. The maximum atomic E-state index is 3.44. The Balaban J connectivity index is 2.10. The van der Waals surface area contributed by atoms with Gasteiger partial charge in [-0.2, -0.15) is 0 Å². The van der Waals surface area contributed by atoms with E-state index in [1.807, 2.05) is 0 Å². The van der Waals surface area contributed by atoms with Crippen LogP contribution in [0.5, 0.6) is 0 Å². The molecular formula is C20H23N. The average Bonchev–Trinajstić information content (AvgIpc) is 2.81. The minimum atomic E-state index is 0.198. The van der Waals surface area contributed by atoms with E-state index < -0.39 is 0 Å². The first kappa shape index (κ1) is 13.9. The molecule has 0 unspecified atom stereocenters. The van der Waals surface area contributed by atoms with Gasteiger partial charge in [-0.1, -0.05) is 45.0 Å². The number of fused-ring (bicyclic) bond motifs is 1. The maximum Gasteiger partial charge on any atom is 0.0533 e. The lowest BCUT2D eigenvalue weighted by Gasteiger charge is -2.19. The monoisotopic (exact) mass is 277 g/mol. The predicted octanol–water partition coefficient (Wildman–Crippen LogP) is 5.75. The van der Waals surface area contributed by atoms with Gasteiger partial charge in [0.15, 0.2) is 0 Å². The summed E-state index contributed by atoms with van der Waals surface area (Å²) in [6.45, 7) is 11.1. The smallest absolute Gasteiger partial charge is 0.0533 e. The number of aromatic amines is 1. The van der Waals surface area contributed by atoms with E-state index in [-0.39, 0.29) is 5.41 Å². The summed E-state index contributed by atoms with van der Waals surface area (Å²) in [7, 11) is 0. The topological polar surface area (TPSA) is 15.8 Å². The van der Waals surface area contributed by atoms with Gasteiger partial charge >= 0.3 is 0 Å². The lowest BCUT2D eigenvalue weighted by Crippen LogP contribution is -2.10. The van der Waals surface area contributed by atoms with Crippen LogP contribution in [-0.4, -0.2) is 4.98 Å². The summed E-state index contributed by atoms with van der Waals surface area (Å²) in [4.78, 5) is 3.44. The number of aryl methyl sites for hydroxylation is 2. The van der Waals surface area contributed by atoms with E-state index in [0.29, 0.717) is 0 Å². The fourth-order valence-electron chi connectivity index (χ4n) is 2.78. The van der Waals surface area contributed by atoms with E-state index in [0.717, 1.165) is 0 Å². The molecule has 0 saturated heterocycles. The standard InChI is InChI=1S/C20H23N/c1-13-10-16-12-21-19(18(16)11-14(13)2)15-6-8-17(9-7-15)20(3,4)5/h6-12,21H,1-5H3. The van der Waals surface area contributed by atoms with Crippen LogP contribution in [0.3, 0.4) is 0 Å². The summed E-state index contributed by atoms with van der Waals surface area (Å²) in [5, 5.41) is 2.59. The quantitative estimate of drug-likeness (QED) is 0.583. The van der Waals surface area contributed by atoms with Gasteiger partial charge in [-0.05, 0) is 53.6 Å². The van der Waals surface area contributed by atoms with E-state index in [4.69, 9.17) is 0 Å². The zero-order chi connectivity index (χ0) is 15.2. The molecular weight excluding hydrogens is 254 g/mol. The summed E-state index contributed by atoms with van der Waals surface area (Å²) in [6.07, 6.45) is 2.11. The Hall–Kier alpha value is -2.02. The molecule has 3 aromatic rings. The van der Waals surface area contributed by atoms with Crippen LogP contribution in [0.4, 0.5) is 0 Å². The van der Waals surface area contributed by atoms with E-state index in [1.165, 1.54) is 38.7 Å². The van der Waals surface area contributed by atoms with Gasteiger partial charge in [0.1, 0.15) is 0 Å². The highest BCUT2D eigenvalue weighted by molar-refractivity contribution is 5.96. The summed E-state index contributed by atoms with van der Waals surface area (Å²) in [5.74, 6) is 0. The Bertz CT molecular complexity index is 783. The van der Waals surface area contributed by atoms with Crippen molar-refractivity contribution in [3.8, 4) is 11.3 Å². The highest BCUT2D eigenvalue weighted by Gasteiger charge is 2.14. The van der Waals surface area contributed by atoms with Crippen molar-refractivity contribution in [3.05, 3.63) is 59.3 Å². The van der Waals surface area contributed by atoms with Crippen molar-refractivity contribution in [2.75, 3.05) is 0 Å². The Labute approximate surface area is 127 Å². The zero-order valence-corrected chi connectivity index (χ0v) is 13.5. The highest BCUT2D eigenvalue weighted by Crippen LogP contribution is 2.31. The fourth-order valence-corrected chi connectivity index (χ4v) is 2.78. The minimum absolute atomic E-state index is 0.198. The van der Waals surface area contributed by atoms with Crippen molar-refractivity contribution in [2.45, 2.75) is 40.0 Å². The van der Waals surface area contributed by atoms with Gasteiger partial charge in [0, 0.05) is 17.0 Å². The molecule has 0 fully saturated rings. The Morgan fingerprint density at radius 3 is 2.10 bits per heavy atom. The average molecular weight is 277 g/mol. The molecule has 0 saturated carbocycles. The van der Waals surface area contributed by atoms with Crippen LogP contribution in [0.1, 0.15) is 37.5 Å². The first-order valence-corrected chi connectivity index (χ1v) is 7.55. The molecule has 108 valence electrons. The van der Waals surface area contributed by atoms with Gasteiger partial charge in [0.2, 0.25) is 0 Å². The molecule has 1 heteroatoms. The number of H-pyrrole nitrogens is 1. The normalized spacial score (nSPS) is 12.0. The van der Waals surface area contributed by atoms with E-state index in [2.05, 4.69) is 82.2 Å². The largest absolute Gasteiger partial charge is 0.360 e. The molecule has 0 bridgehead atoms. The number of aromatic nitrogens is 1. The van der Waals surface area contributed by atoms with Crippen LogP contribution in [0.15, 0.2) is 42.6 Å². The van der Waals surface area contributed by atoms with E-state index in [9.17, 15) is 0 Å². The van der Waals surface area contributed by atoms with E-state index in [1.54, 1.807) is 0 Å². The lowest BCUT2D eigenvalue weighted by atomic mass is 9.86. The summed E-state index contributed by atoms with van der Waals surface area (Å²) in [5.41, 5.74) is 6.72. The molecule has 0 aliphatic carbocycles. The van der Waals surface area contributed by atoms with Crippen LogP contribution in [-0.2, 0) is 5.41 Å². The Morgan fingerprint density at radius 2 is 1.48 bits per heavy atom. The van der Waals surface area contributed by atoms with E-state index >= 15 is 0 Å². The number of hydrogen-bond acceptors (Lipinski definition) is 0. The molecule has 0 atom stereocenters. The van der Waals surface area contributed by atoms with Crippen LogP contribution in [0.2, 0.25) is 0 Å². The van der Waals surface area contributed by atoms with Crippen molar-refractivity contribution in [1.82, 2.24) is 4.98 Å². The molecule has 1 N–H and O–H groups in total. The van der Waals surface area contributed by atoms with Crippen LogP contribution in [0.25, 0.3) is 22.0 Å². The van der Waals surface area contributed by atoms with Crippen LogP contribution >= 0.6 is 0 Å². The molecule has 3 rings (SSSR count). The molecule has 1 aromatic heterocycles. The molecule has 0 aliphatic rings. The van der Waals surface area contributed by atoms with Crippen molar-refractivity contribution >= 4 is 10.8 Å². The SMILES string of the molecule is Cc1cc2c[nH]c(-c3ccc(C(C)(C)C)cc3)c2cc1C. The number of rotatable bonds is 1. The van der Waals surface area contributed by atoms with Crippen LogP contribution < -0.4 is 0 Å². The van der Waals surface area contributed by atoms with Crippen LogP contribution in [0, 0.1) is 13.8 Å². The number of nitrogens with one attached hydrogen (secondary N) is 1. The van der Waals surface area contributed by atoms with Gasteiger partial charge in [-0.15, -0.1) is 0 Å². The molecule has 0 aliphatic heterocycles. The summed E-state index contributed by atoms with van der Waals surface area (Å²) >= 11 is 0. The van der Waals surface area contributed by atoms with Crippen molar-refractivity contribution in [2.24, 2.45) is 0 Å². The zero-order valence-electron chi connectivity index (χ0n) is 13.5. The first-order valence-electron chi connectivity index (χ1n) is 7.55. The Morgan fingerprint density at radius 1 is 0.857 bits per heavy atom. The van der Waals surface area contributed by atoms with Crippen molar-refractivity contribution < 1.29 is 0 Å². The third-order valence-electron chi connectivity index (χ3n) is 4.35. The fraction of sp³-hybridized carbons (Fsp3) is 0.300.